The lowest BCUT2D eigenvalue weighted by atomic mass is 9.98. The van der Waals surface area contributed by atoms with Crippen molar-refractivity contribution >= 4 is 5.78 Å². The molecule has 0 radical (unpaired) electrons. The van der Waals surface area contributed by atoms with Crippen LogP contribution in [0.25, 0.3) is 0 Å². The molecule has 0 aliphatic rings. The lowest BCUT2D eigenvalue weighted by Crippen LogP contribution is -2.28. The van der Waals surface area contributed by atoms with Crippen LogP contribution in [0.1, 0.15) is 40.0 Å². The van der Waals surface area contributed by atoms with Crippen molar-refractivity contribution in [1.82, 2.24) is 0 Å². The molecule has 0 aliphatic carbocycles. The number of rotatable bonds is 5. The minimum Gasteiger partial charge on any atom is -0.322 e. The Morgan fingerprint density at radius 2 is 2.00 bits per heavy atom. The molecule has 0 fully saturated rings. The van der Waals surface area contributed by atoms with Gasteiger partial charge in [-0.05, 0) is 25.7 Å². The van der Waals surface area contributed by atoms with E-state index in [1.54, 1.807) is 6.92 Å². The van der Waals surface area contributed by atoms with E-state index in [4.69, 9.17) is 5.73 Å². The average Bonchev–Trinajstić information content (AvgIpc) is 1.99. The zero-order valence-electron chi connectivity index (χ0n) is 7.76. The van der Waals surface area contributed by atoms with E-state index in [0.29, 0.717) is 5.92 Å². The van der Waals surface area contributed by atoms with Crippen LogP contribution in [0.4, 0.5) is 0 Å². The van der Waals surface area contributed by atoms with Gasteiger partial charge in [0, 0.05) is 0 Å². The molecule has 0 aromatic rings. The molecule has 1 unspecified atom stereocenters. The van der Waals surface area contributed by atoms with Gasteiger partial charge < -0.3 is 5.73 Å². The second kappa shape index (κ2) is 5.30. The van der Waals surface area contributed by atoms with Crippen molar-refractivity contribution in [2.24, 2.45) is 11.7 Å². The summed E-state index contributed by atoms with van der Waals surface area (Å²) >= 11 is 0. The summed E-state index contributed by atoms with van der Waals surface area (Å²) in [7, 11) is 0. The molecule has 66 valence electrons. The fourth-order valence-electron chi connectivity index (χ4n) is 0.871. The summed E-state index contributed by atoms with van der Waals surface area (Å²) in [6, 6.07) is -0.232. The first-order valence-corrected chi connectivity index (χ1v) is 4.34. The number of ketones is 1. The molecule has 2 nitrogen and oxygen atoms in total. The highest BCUT2D eigenvalue weighted by Crippen LogP contribution is 2.10. The fraction of sp³-hybridized carbons (Fsp3) is 0.889. The molecule has 2 atom stereocenters. The van der Waals surface area contributed by atoms with Crippen molar-refractivity contribution in [2.45, 2.75) is 46.1 Å². The van der Waals surface area contributed by atoms with Crippen LogP contribution in [-0.4, -0.2) is 11.8 Å². The third-order valence-electron chi connectivity index (χ3n) is 2.19. The van der Waals surface area contributed by atoms with Gasteiger partial charge in [-0.1, -0.05) is 20.3 Å². The maximum atomic E-state index is 10.7. The average molecular weight is 157 g/mol. The second-order valence-electron chi connectivity index (χ2n) is 3.31. The van der Waals surface area contributed by atoms with E-state index in [1.165, 1.54) is 6.42 Å². The Morgan fingerprint density at radius 3 is 2.36 bits per heavy atom. The highest BCUT2D eigenvalue weighted by molar-refractivity contribution is 5.80. The van der Waals surface area contributed by atoms with Crippen molar-refractivity contribution in [3.05, 3.63) is 0 Å². The number of hydrogen-bond donors (Lipinski definition) is 1. The zero-order valence-corrected chi connectivity index (χ0v) is 7.76. The number of carbonyl (C=O) groups is 1. The van der Waals surface area contributed by atoms with Crippen LogP contribution in [0.15, 0.2) is 0 Å². The van der Waals surface area contributed by atoms with Gasteiger partial charge in [-0.15, -0.1) is 0 Å². The highest BCUT2D eigenvalue weighted by Gasteiger charge is 2.08. The summed E-state index contributed by atoms with van der Waals surface area (Å²) < 4.78 is 0. The number of nitrogens with two attached hydrogens (primary N) is 1. The molecule has 0 saturated heterocycles. The molecule has 0 aromatic carbocycles. The van der Waals surface area contributed by atoms with E-state index in [1.807, 2.05) is 0 Å². The zero-order chi connectivity index (χ0) is 8.85. The Bertz CT molecular complexity index is 123. The summed E-state index contributed by atoms with van der Waals surface area (Å²) in [6.45, 7) is 5.90. The molecular weight excluding hydrogens is 138 g/mol. The predicted molar refractivity (Wildman–Crippen MR) is 47.3 cm³/mol. The topological polar surface area (TPSA) is 43.1 Å². The Balaban J connectivity index is 3.45. The van der Waals surface area contributed by atoms with E-state index < -0.39 is 0 Å². The van der Waals surface area contributed by atoms with Crippen LogP contribution >= 0.6 is 0 Å². The fourth-order valence-corrected chi connectivity index (χ4v) is 0.871. The van der Waals surface area contributed by atoms with Crippen LogP contribution < -0.4 is 5.73 Å². The predicted octanol–water partition coefficient (Wildman–Crippen LogP) is 1.73. The minimum absolute atomic E-state index is 0.105. The largest absolute Gasteiger partial charge is 0.322 e. The van der Waals surface area contributed by atoms with Gasteiger partial charge in [0.1, 0.15) is 5.78 Å². The van der Waals surface area contributed by atoms with Crippen LogP contribution in [0, 0.1) is 5.92 Å². The van der Waals surface area contributed by atoms with Gasteiger partial charge in [0.25, 0.3) is 0 Å². The maximum absolute atomic E-state index is 10.7. The lowest BCUT2D eigenvalue weighted by Gasteiger charge is -2.11. The first-order valence-electron chi connectivity index (χ1n) is 4.34. The smallest absolute Gasteiger partial charge is 0.146 e. The van der Waals surface area contributed by atoms with Gasteiger partial charge in [0.05, 0.1) is 6.04 Å². The molecular formula is C9H19NO. The summed E-state index contributed by atoms with van der Waals surface area (Å²) in [4.78, 5) is 10.7. The van der Waals surface area contributed by atoms with Gasteiger partial charge >= 0.3 is 0 Å². The highest BCUT2D eigenvalue weighted by atomic mass is 16.1. The van der Waals surface area contributed by atoms with Gasteiger partial charge in [0.15, 0.2) is 0 Å². The maximum Gasteiger partial charge on any atom is 0.146 e. The Hall–Kier alpha value is -0.370. The Morgan fingerprint density at radius 1 is 1.45 bits per heavy atom. The quantitative estimate of drug-likeness (QED) is 0.660. The minimum atomic E-state index is -0.232. The van der Waals surface area contributed by atoms with E-state index in [0.717, 1.165) is 12.8 Å². The third-order valence-corrected chi connectivity index (χ3v) is 2.19. The van der Waals surface area contributed by atoms with Crippen molar-refractivity contribution in [2.75, 3.05) is 0 Å². The normalized spacial score (nSPS) is 16.0. The van der Waals surface area contributed by atoms with Crippen molar-refractivity contribution in [3.63, 3.8) is 0 Å². The second-order valence-corrected chi connectivity index (χ2v) is 3.31. The molecule has 0 spiro atoms. The number of Topliss-reactive ketones (excluding diaryl/α,β-unsaturated/α-hetero) is 1. The van der Waals surface area contributed by atoms with Crippen LogP contribution in [0.3, 0.4) is 0 Å². The van der Waals surface area contributed by atoms with E-state index in [9.17, 15) is 4.79 Å². The van der Waals surface area contributed by atoms with E-state index >= 15 is 0 Å². The van der Waals surface area contributed by atoms with Gasteiger partial charge in [0.2, 0.25) is 0 Å². The van der Waals surface area contributed by atoms with Crippen LogP contribution in [0.2, 0.25) is 0 Å². The Kier molecular flexibility index (Phi) is 5.12. The van der Waals surface area contributed by atoms with Gasteiger partial charge in [-0.3, -0.25) is 4.79 Å². The van der Waals surface area contributed by atoms with Crippen LogP contribution in [-0.2, 0) is 4.79 Å². The first-order chi connectivity index (χ1) is 5.07. The van der Waals surface area contributed by atoms with E-state index in [-0.39, 0.29) is 11.8 Å². The van der Waals surface area contributed by atoms with Crippen molar-refractivity contribution in [1.29, 1.82) is 0 Å². The molecule has 2 N–H and O–H groups in total. The summed E-state index contributed by atoms with van der Waals surface area (Å²) in [6.07, 6.45) is 3.08. The Labute approximate surface area is 69.2 Å². The van der Waals surface area contributed by atoms with Crippen LogP contribution in [0.5, 0.6) is 0 Å². The monoisotopic (exact) mass is 157 g/mol. The summed E-state index contributed by atoms with van der Waals surface area (Å²) in [5.74, 6) is 0.800. The van der Waals surface area contributed by atoms with Crippen molar-refractivity contribution in [3.8, 4) is 0 Å². The number of carbonyl (C=O) groups excluding carboxylic acids is 1. The van der Waals surface area contributed by atoms with E-state index in [2.05, 4.69) is 13.8 Å². The molecule has 2 heteroatoms. The molecule has 0 aliphatic heterocycles. The standard InChI is InChI=1S/C9H19NO/c1-4-7(2)5-6-9(10)8(3)11/h7,9H,4-6,10H2,1-3H3/t7?,9-/m0/s1. The van der Waals surface area contributed by atoms with Gasteiger partial charge in [-0.2, -0.15) is 0 Å². The molecule has 0 bridgehead atoms. The molecule has 0 aromatic heterocycles. The lowest BCUT2D eigenvalue weighted by molar-refractivity contribution is -0.118. The first kappa shape index (κ1) is 10.6. The third kappa shape index (κ3) is 4.96. The summed E-state index contributed by atoms with van der Waals surface area (Å²) in [5, 5.41) is 0. The molecule has 0 amide bonds. The molecule has 0 heterocycles. The van der Waals surface area contributed by atoms with Crippen molar-refractivity contribution < 1.29 is 4.79 Å². The van der Waals surface area contributed by atoms with Gasteiger partial charge in [-0.25, -0.2) is 0 Å². The SMILES string of the molecule is CCC(C)CC[C@H](N)C(C)=O. The number of hydrogen-bond acceptors (Lipinski definition) is 2. The molecule has 11 heavy (non-hydrogen) atoms. The molecule has 0 rings (SSSR count). The summed E-state index contributed by atoms with van der Waals surface area (Å²) in [5.41, 5.74) is 5.57. The molecule has 0 saturated carbocycles.